The number of carbonyl (C=O) groups excluding carboxylic acids is 1. The van der Waals surface area contributed by atoms with Crippen molar-refractivity contribution in [2.45, 2.75) is 54.8 Å². The molecule has 3 N–H and O–H groups in total. The minimum Gasteiger partial charge on any atom is -0.459 e. The van der Waals surface area contributed by atoms with Crippen LogP contribution in [0.5, 0.6) is 5.75 Å². The van der Waals surface area contributed by atoms with Crippen LogP contribution in [0.2, 0.25) is 0 Å². The number of nitrogens with zero attached hydrogens (tertiary/aromatic N) is 1. The molecule has 0 bridgehead atoms. The normalized spacial score (nSPS) is 31.0. The summed E-state index contributed by atoms with van der Waals surface area (Å²) in [6.45, 7) is 3.15. The van der Waals surface area contributed by atoms with E-state index in [2.05, 4.69) is 5.09 Å². The van der Waals surface area contributed by atoms with E-state index in [0.29, 0.717) is 0 Å². The Bertz CT molecular complexity index is 1340. The van der Waals surface area contributed by atoms with Crippen LogP contribution in [0.3, 0.4) is 0 Å². The average Bonchev–Trinajstić information content (AvgIpc) is 3.32. The van der Waals surface area contributed by atoms with Crippen molar-refractivity contribution in [3.8, 4) is 5.75 Å². The molecule has 2 heterocycles. The summed E-state index contributed by atoms with van der Waals surface area (Å²) < 4.78 is 39.8. The molecule has 1 aliphatic heterocycles. The van der Waals surface area contributed by atoms with Gasteiger partial charge in [-0.15, -0.1) is 11.6 Å². The third kappa shape index (κ3) is 5.35. The van der Waals surface area contributed by atoms with Crippen LogP contribution < -0.4 is 20.9 Å². The lowest BCUT2D eigenvalue weighted by molar-refractivity contribution is -0.152. The first-order chi connectivity index (χ1) is 17.8. The lowest BCUT2D eigenvalue weighted by Crippen LogP contribution is -2.50. The number of H-pyrrole nitrogens is 1. The molecule has 3 unspecified atom stereocenters. The first-order valence-corrected chi connectivity index (χ1v) is 13.4. The van der Waals surface area contributed by atoms with Crippen LogP contribution >= 0.6 is 19.3 Å². The second-order valence-electron chi connectivity index (χ2n) is 9.00. The Balaban J connectivity index is 1.55. The van der Waals surface area contributed by atoms with E-state index in [9.17, 15) is 24.1 Å². The number of aromatic amines is 1. The fourth-order valence-electron chi connectivity index (χ4n) is 4.08. The van der Waals surface area contributed by atoms with Gasteiger partial charge in [0.25, 0.3) is 5.56 Å². The van der Waals surface area contributed by atoms with E-state index in [1.807, 2.05) is 4.98 Å². The Labute approximate surface area is 223 Å². The molecule has 1 aromatic heterocycles. The molecular formula is C22H26BClN3O10P. The summed E-state index contributed by atoms with van der Waals surface area (Å²) in [6, 6.07) is 7.86. The summed E-state index contributed by atoms with van der Waals surface area (Å²) in [4.78, 5) is 38.2. The molecule has 2 aliphatic rings. The maximum Gasteiger partial charge on any atom is 0.459 e. The number of halogens is 1. The molecule has 2 radical (unpaired) electrons. The van der Waals surface area contributed by atoms with Crippen molar-refractivity contribution in [1.29, 1.82) is 0 Å². The van der Waals surface area contributed by atoms with Crippen molar-refractivity contribution < 1.29 is 37.7 Å². The smallest absolute Gasteiger partial charge is 0.459 e. The maximum atomic E-state index is 13.9. The Hall–Kier alpha value is -2.45. The van der Waals surface area contributed by atoms with E-state index in [-0.39, 0.29) is 12.4 Å². The van der Waals surface area contributed by atoms with Gasteiger partial charge in [0.1, 0.15) is 43.6 Å². The molecule has 16 heteroatoms. The topological polar surface area (TPSA) is 167 Å². The monoisotopic (exact) mass is 569 g/mol. The second-order valence-corrected chi connectivity index (χ2v) is 11.3. The predicted octanol–water partition coefficient (Wildman–Crippen LogP) is 0.411. The summed E-state index contributed by atoms with van der Waals surface area (Å²) in [5, 5.41) is 13.8. The molecular weight excluding hydrogens is 543 g/mol. The zero-order valence-electron chi connectivity index (χ0n) is 20.6. The van der Waals surface area contributed by atoms with Gasteiger partial charge < -0.3 is 23.8 Å². The molecule has 0 spiro atoms. The van der Waals surface area contributed by atoms with Crippen LogP contribution in [0.1, 0.15) is 20.1 Å². The van der Waals surface area contributed by atoms with Crippen LogP contribution in [0.15, 0.2) is 52.2 Å². The zero-order chi connectivity index (χ0) is 27.9. The quantitative estimate of drug-likeness (QED) is 0.148. The maximum absolute atomic E-state index is 13.9. The predicted molar refractivity (Wildman–Crippen MR) is 134 cm³/mol. The van der Waals surface area contributed by atoms with Crippen LogP contribution in [0.4, 0.5) is 0 Å². The summed E-state index contributed by atoms with van der Waals surface area (Å²) in [6.07, 6.45) is -3.47. The number of alkyl halides is 1. The van der Waals surface area contributed by atoms with Gasteiger partial charge in [0.15, 0.2) is 6.23 Å². The number of methoxy groups -OCH3 is 1. The minimum atomic E-state index is -4.42. The molecule has 204 valence electrons. The van der Waals surface area contributed by atoms with Crippen molar-refractivity contribution in [3.63, 3.8) is 0 Å². The van der Waals surface area contributed by atoms with Crippen molar-refractivity contribution >= 4 is 33.2 Å². The molecule has 1 saturated heterocycles. The molecule has 13 nitrogen and oxygen atoms in total. The van der Waals surface area contributed by atoms with Gasteiger partial charge in [0.2, 0.25) is 0 Å². The first-order valence-electron chi connectivity index (χ1n) is 11.5. The highest BCUT2D eigenvalue weighted by molar-refractivity contribution is 7.52. The van der Waals surface area contributed by atoms with Gasteiger partial charge in [0.05, 0.1) is 11.4 Å². The highest BCUT2D eigenvalue weighted by Gasteiger charge is 2.83. The van der Waals surface area contributed by atoms with E-state index < -0.39 is 65.9 Å². The number of nitrogens with one attached hydrogen (secondary N) is 2. The van der Waals surface area contributed by atoms with Crippen molar-refractivity contribution in [1.82, 2.24) is 14.6 Å². The Morgan fingerprint density at radius 2 is 2.00 bits per heavy atom. The molecule has 8 atom stereocenters. The number of aliphatic hydroxyl groups is 1. The van der Waals surface area contributed by atoms with E-state index >= 15 is 0 Å². The number of para-hydroxylation sites is 1. The molecule has 2 fully saturated rings. The number of fused-ring (bicyclic) bond motifs is 1. The fraction of sp³-hybridized carbons (Fsp3) is 0.500. The second kappa shape index (κ2) is 10.6. The summed E-state index contributed by atoms with van der Waals surface area (Å²) in [5.74, 6) is -0.623. The minimum absolute atomic E-state index is 0.137. The van der Waals surface area contributed by atoms with Crippen molar-refractivity contribution in [3.05, 3.63) is 63.4 Å². The van der Waals surface area contributed by atoms with E-state index in [1.165, 1.54) is 26.2 Å². The third-order valence-corrected chi connectivity index (χ3v) is 8.18. The summed E-state index contributed by atoms with van der Waals surface area (Å²) in [7, 11) is 3.23. The summed E-state index contributed by atoms with van der Waals surface area (Å²) >= 11 is 6.47. The van der Waals surface area contributed by atoms with Crippen molar-refractivity contribution in [2.75, 3.05) is 13.7 Å². The number of carbonyl (C=O) groups is 1. The SMILES string of the molecule is [B][C@@]1(Cl)[C@H](n2ccc(=O)[nH]c2=O)O[C@@H]2C(OP(=O)(N[C@@H](C)C(=O)OC(C)COC)Oc3ccccc3)[C@@]21O. The lowest BCUT2D eigenvalue weighted by Gasteiger charge is -2.33. The highest BCUT2D eigenvalue weighted by Crippen LogP contribution is 2.65. The number of ether oxygens (including phenoxy) is 3. The number of rotatable bonds is 11. The molecule has 1 aromatic carbocycles. The van der Waals surface area contributed by atoms with Crippen molar-refractivity contribution in [2.24, 2.45) is 0 Å². The number of benzene rings is 1. The standard InChI is InChI=1S/C22H26BClN3O10P/c1-12(11-33-3)34-18(29)13(2)26-38(32,36-14-7-5-4-6-8-14)37-17-16-21(17,31)22(23,24)19(35-16)27-10-9-15(28)25-20(27)30/h4-10,12-13,16-17,19,31H,11H2,1-3H3,(H,26,32)(H,25,28,30)/t12?,13-,16+,17?,19+,21-,22+,38?/m0/s1. The number of esters is 1. The molecule has 0 amide bonds. The zero-order valence-corrected chi connectivity index (χ0v) is 22.3. The Kier molecular flexibility index (Phi) is 7.97. The highest BCUT2D eigenvalue weighted by atomic mass is 35.5. The third-order valence-electron chi connectivity index (χ3n) is 6.03. The van der Waals surface area contributed by atoms with Crippen LogP contribution in [-0.4, -0.2) is 76.9 Å². The average molecular weight is 570 g/mol. The van der Waals surface area contributed by atoms with Gasteiger partial charge in [-0.2, -0.15) is 5.09 Å². The molecule has 38 heavy (non-hydrogen) atoms. The summed E-state index contributed by atoms with van der Waals surface area (Å²) in [5.41, 5.74) is -3.64. The van der Waals surface area contributed by atoms with Gasteiger partial charge in [0, 0.05) is 19.4 Å². The van der Waals surface area contributed by atoms with E-state index in [1.54, 1.807) is 25.1 Å². The fourth-order valence-corrected chi connectivity index (χ4v) is 6.16. The largest absolute Gasteiger partial charge is 0.459 e. The van der Waals surface area contributed by atoms with Gasteiger partial charge in [-0.05, 0) is 26.0 Å². The van der Waals surface area contributed by atoms with E-state index in [4.69, 9.17) is 42.7 Å². The Morgan fingerprint density at radius 1 is 1.32 bits per heavy atom. The number of hydrogen-bond acceptors (Lipinski definition) is 10. The first kappa shape index (κ1) is 28.6. The van der Waals surface area contributed by atoms with Gasteiger partial charge in [-0.25, -0.2) is 9.36 Å². The Morgan fingerprint density at radius 3 is 2.58 bits per heavy atom. The van der Waals surface area contributed by atoms with Crippen LogP contribution in [0, 0.1) is 0 Å². The van der Waals surface area contributed by atoms with Crippen LogP contribution in [0.25, 0.3) is 0 Å². The van der Waals surface area contributed by atoms with Gasteiger partial charge in [-0.3, -0.25) is 23.7 Å². The van der Waals surface area contributed by atoms with Gasteiger partial charge in [-0.1, -0.05) is 18.2 Å². The lowest BCUT2D eigenvalue weighted by atomic mass is 9.78. The number of hydrogen-bond donors (Lipinski definition) is 3. The van der Waals surface area contributed by atoms with Crippen LogP contribution in [-0.2, 0) is 28.1 Å². The molecule has 4 rings (SSSR count). The van der Waals surface area contributed by atoms with E-state index in [0.717, 1.165) is 16.8 Å². The molecule has 1 saturated carbocycles. The molecule has 2 aromatic rings. The molecule has 1 aliphatic carbocycles. The number of aromatic nitrogens is 2. The van der Waals surface area contributed by atoms with Gasteiger partial charge >= 0.3 is 19.4 Å².